The van der Waals surface area contributed by atoms with Gasteiger partial charge in [0, 0.05) is 19.4 Å². The highest BCUT2D eigenvalue weighted by atomic mass is 31.2. The Morgan fingerprint density at radius 2 is 0.743 bits per heavy atom. The van der Waals surface area contributed by atoms with Gasteiger partial charge in [0.25, 0.3) is 0 Å². The van der Waals surface area contributed by atoms with Gasteiger partial charge in [0.05, 0.1) is 13.2 Å². The molecule has 0 heterocycles. The second-order valence-electron chi connectivity index (χ2n) is 20.2. The van der Waals surface area contributed by atoms with Gasteiger partial charge >= 0.3 is 19.8 Å². The molecule has 0 aromatic heterocycles. The molecule has 0 aromatic rings. The van der Waals surface area contributed by atoms with Crippen LogP contribution in [0.2, 0.25) is 0 Å². The van der Waals surface area contributed by atoms with Crippen molar-refractivity contribution in [1.82, 2.24) is 0 Å². The molecule has 0 saturated carbocycles. The SMILES string of the molecule is CC/C=C\C/C=C\C/C=C\C/C=C\C/C=C\C/C=C\C/C=C\CCCCCC(=O)OC(COC(=O)CCCCCCCCCCCCCCCCCCCCCCCCCCCCCC)COP(=O)(O)OCCN. The summed E-state index contributed by atoms with van der Waals surface area (Å²) in [5.74, 6) is -0.861. The van der Waals surface area contributed by atoms with Crippen LogP contribution in [-0.4, -0.2) is 49.3 Å². The van der Waals surface area contributed by atoms with Gasteiger partial charge in [0.15, 0.2) is 6.10 Å². The molecule has 428 valence electrons. The zero-order chi connectivity index (χ0) is 53.8. The van der Waals surface area contributed by atoms with Crippen molar-refractivity contribution in [2.75, 3.05) is 26.4 Å². The maximum absolute atomic E-state index is 12.7. The number of hydrogen-bond acceptors (Lipinski definition) is 8. The summed E-state index contributed by atoms with van der Waals surface area (Å²) >= 11 is 0. The second-order valence-corrected chi connectivity index (χ2v) is 21.7. The summed E-state index contributed by atoms with van der Waals surface area (Å²) in [5, 5.41) is 0. The Kier molecular flexibility index (Phi) is 57.2. The van der Waals surface area contributed by atoms with Crippen LogP contribution < -0.4 is 5.73 Å². The standard InChI is InChI=1S/C64H114NO8P/c1-3-5-7-9-11-13-15-17-19-21-23-25-27-29-30-31-33-34-36-38-40-42-44-46-48-50-52-54-56-63(66)70-60-62(61-72-74(68,69)71-59-58-65)73-64(67)57-55-53-51-49-47-45-43-41-39-37-35-32-28-26-24-22-20-18-16-14-12-10-8-6-4-2/h6,8,12,14,18,20,24,26,32,35,39,41,45,47,62H,3-5,7,9-11,13,15-17,19,21-23,25,27-31,33-34,36-38,40,42-44,46,48-61,65H2,1-2H3,(H,68,69)/b8-6-,14-12-,20-18-,26-24-,35-32-,41-39-,47-45-. The van der Waals surface area contributed by atoms with E-state index in [1.54, 1.807) is 0 Å². The van der Waals surface area contributed by atoms with Gasteiger partial charge < -0.3 is 20.1 Å². The molecule has 2 atom stereocenters. The van der Waals surface area contributed by atoms with Gasteiger partial charge in [-0.2, -0.15) is 0 Å². The molecule has 0 saturated heterocycles. The van der Waals surface area contributed by atoms with Crippen molar-refractivity contribution in [1.29, 1.82) is 0 Å². The van der Waals surface area contributed by atoms with Crippen LogP contribution in [0.4, 0.5) is 0 Å². The summed E-state index contributed by atoms with van der Waals surface area (Å²) in [6.45, 7) is 3.62. The Balaban J connectivity index is 4.00. The molecule has 0 aliphatic carbocycles. The van der Waals surface area contributed by atoms with E-state index in [1.165, 1.54) is 161 Å². The van der Waals surface area contributed by atoms with Gasteiger partial charge in [-0.1, -0.05) is 279 Å². The Hall–Kier alpha value is -2.81. The van der Waals surface area contributed by atoms with E-state index in [4.69, 9.17) is 24.3 Å². The van der Waals surface area contributed by atoms with Crippen LogP contribution in [0, 0.1) is 0 Å². The first-order valence-corrected chi connectivity index (χ1v) is 32.1. The first-order chi connectivity index (χ1) is 36.3. The lowest BCUT2D eigenvalue weighted by Crippen LogP contribution is -2.29. The van der Waals surface area contributed by atoms with Crippen molar-refractivity contribution in [3.8, 4) is 0 Å². The molecule has 0 aromatic carbocycles. The number of ether oxygens (including phenoxy) is 2. The summed E-state index contributed by atoms with van der Waals surface area (Å²) in [4.78, 5) is 35.2. The van der Waals surface area contributed by atoms with Crippen molar-refractivity contribution >= 4 is 19.8 Å². The van der Waals surface area contributed by atoms with E-state index < -0.39 is 26.5 Å². The number of esters is 2. The maximum atomic E-state index is 12.7. The third kappa shape index (κ3) is 58.5. The molecular weight excluding hydrogens is 942 g/mol. The highest BCUT2D eigenvalue weighted by Crippen LogP contribution is 2.43. The van der Waals surface area contributed by atoms with Gasteiger partial charge in [-0.3, -0.25) is 18.6 Å². The van der Waals surface area contributed by atoms with Gasteiger partial charge in [0.2, 0.25) is 0 Å². The largest absolute Gasteiger partial charge is 0.472 e. The van der Waals surface area contributed by atoms with Gasteiger partial charge in [0.1, 0.15) is 6.61 Å². The molecule has 0 amide bonds. The molecule has 0 bridgehead atoms. The highest BCUT2D eigenvalue weighted by molar-refractivity contribution is 7.47. The molecule has 0 fully saturated rings. The first kappa shape index (κ1) is 71.2. The maximum Gasteiger partial charge on any atom is 0.472 e. The summed E-state index contributed by atoms with van der Waals surface area (Å²) < 4.78 is 33.0. The molecule has 74 heavy (non-hydrogen) atoms. The number of carbonyl (C=O) groups is 2. The number of hydrogen-bond donors (Lipinski definition) is 2. The Morgan fingerprint density at radius 1 is 0.419 bits per heavy atom. The average Bonchev–Trinajstić information content (AvgIpc) is 3.39. The fourth-order valence-corrected chi connectivity index (χ4v) is 9.32. The molecular formula is C64H114NO8P. The number of carbonyl (C=O) groups excluding carboxylic acids is 2. The third-order valence-corrected chi connectivity index (χ3v) is 14.0. The Bertz CT molecular complexity index is 1480. The quantitative estimate of drug-likeness (QED) is 0.0264. The second kappa shape index (κ2) is 59.4. The van der Waals surface area contributed by atoms with Gasteiger partial charge in [-0.25, -0.2) is 4.57 Å². The normalized spacial score (nSPS) is 13.6. The smallest absolute Gasteiger partial charge is 0.462 e. The van der Waals surface area contributed by atoms with Crippen LogP contribution in [0.5, 0.6) is 0 Å². The molecule has 0 radical (unpaired) electrons. The van der Waals surface area contributed by atoms with Crippen LogP contribution in [0.15, 0.2) is 85.1 Å². The lowest BCUT2D eigenvalue weighted by atomic mass is 10.0. The van der Waals surface area contributed by atoms with E-state index in [9.17, 15) is 19.0 Å². The predicted octanol–water partition coefficient (Wildman–Crippen LogP) is 19.5. The molecule has 10 heteroatoms. The van der Waals surface area contributed by atoms with E-state index >= 15 is 0 Å². The minimum absolute atomic E-state index is 0.0445. The zero-order valence-electron chi connectivity index (χ0n) is 47.8. The molecule has 3 N–H and O–H groups in total. The van der Waals surface area contributed by atoms with Gasteiger partial charge in [-0.15, -0.1) is 0 Å². The molecule has 2 unspecified atom stereocenters. The van der Waals surface area contributed by atoms with Crippen molar-refractivity contribution in [3.63, 3.8) is 0 Å². The zero-order valence-corrected chi connectivity index (χ0v) is 48.7. The predicted molar refractivity (Wildman–Crippen MR) is 316 cm³/mol. The monoisotopic (exact) mass is 1060 g/mol. The minimum atomic E-state index is -4.40. The first-order valence-electron chi connectivity index (χ1n) is 30.6. The summed E-state index contributed by atoms with van der Waals surface area (Å²) in [7, 11) is -4.40. The van der Waals surface area contributed by atoms with Crippen LogP contribution in [0.1, 0.15) is 277 Å². The minimum Gasteiger partial charge on any atom is -0.462 e. The number of allylic oxidation sites excluding steroid dienone is 14. The van der Waals surface area contributed by atoms with Gasteiger partial charge in [-0.05, 0) is 70.6 Å². The molecule has 0 aliphatic heterocycles. The van der Waals surface area contributed by atoms with Crippen LogP contribution in [0.3, 0.4) is 0 Å². The lowest BCUT2D eigenvalue weighted by Gasteiger charge is -2.19. The van der Waals surface area contributed by atoms with E-state index in [1.807, 2.05) is 0 Å². The van der Waals surface area contributed by atoms with Crippen molar-refractivity contribution in [2.24, 2.45) is 5.73 Å². The third-order valence-electron chi connectivity index (χ3n) is 13.0. The van der Waals surface area contributed by atoms with E-state index in [0.29, 0.717) is 6.42 Å². The van der Waals surface area contributed by atoms with Crippen molar-refractivity contribution < 1.29 is 37.6 Å². The lowest BCUT2D eigenvalue weighted by molar-refractivity contribution is -0.161. The van der Waals surface area contributed by atoms with Crippen LogP contribution in [-0.2, 0) is 32.7 Å². The number of unbranched alkanes of at least 4 members (excludes halogenated alkanes) is 30. The number of rotatable bonds is 57. The van der Waals surface area contributed by atoms with Crippen molar-refractivity contribution in [3.05, 3.63) is 85.1 Å². The molecule has 0 aliphatic rings. The molecule has 9 nitrogen and oxygen atoms in total. The van der Waals surface area contributed by atoms with Crippen LogP contribution >= 0.6 is 7.82 Å². The number of phosphoric acid groups is 1. The number of nitrogens with two attached hydrogens (primary N) is 1. The summed E-state index contributed by atoms with van der Waals surface area (Å²) in [5.41, 5.74) is 5.38. The topological polar surface area (TPSA) is 134 Å². The van der Waals surface area contributed by atoms with E-state index in [2.05, 4.69) is 98.9 Å². The average molecular weight is 1060 g/mol. The number of phosphoric ester groups is 1. The van der Waals surface area contributed by atoms with E-state index in [-0.39, 0.29) is 38.6 Å². The fraction of sp³-hybridized carbons (Fsp3) is 0.750. The molecule has 0 spiro atoms. The summed E-state index contributed by atoms with van der Waals surface area (Å²) in [6.07, 6.45) is 78.0. The van der Waals surface area contributed by atoms with Crippen molar-refractivity contribution in [2.45, 2.75) is 283 Å². The fourth-order valence-electron chi connectivity index (χ4n) is 8.56. The summed E-state index contributed by atoms with van der Waals surface area (Å²) in [6, 6.07) is 0. The Morgan fingerprint density at radius 3 is 1.11 bits per heavy atom. The highest BCUT2D eigenvalue weighted by Gasteiger charge is 2.26. The van der Waals surface area contributed by atoms with Crippen LogP contribution in [0.25, 0.3) is 0 Å². The van der Waals surface area contributed by atoms with E-state index in [0.717, 1.165) is 83.5 Å². The molecule has 0 rings (SSSR count). The Labute approximate surface area is 455 Å².